The number of halogens is 1. The first-order valence-corrected chi connectivity index (χ1v) is 5.17. The SMILES string of the molecule is Oc1cccc(CN2CCNCC2)c1F. The summed E-state index contributed by atoms with van der Waals surface area (Å²) in [5.74, 6) is -0.751. The maximum absolute atomic E-state index is 13.5. The van der Waals surface area contributed by atoms with E-state index < -0.39 is 5.82 Å². The topological polar surface area (TPSA) is 35.5 Å². The number of benzene rings is 1. The largest absolute Gasteiger partial charge is 0.505 e. The van der Waals surface area contributed by atoms with Gasteiger partial charge in [0.05, 0.1) is 0 Å². The van der Waals surface area contributed by atoms with E-state index in [1.807, 2.05) is 0 Å². The Labute approximate surface area is 88.5 Å². The fraction of sp³-hybridized carbons (Fsp3) is 0.455. The molecule has 0 spiro atoms. The molecule has 1 saturated heterocycles. The van der Waals surface area contributed by atoms with Crippen molar-refractivity contribution in [1.29, 1.82) is 0 Å². The van der Waals surface area contributed by atoms with Crippen LogP contribution in [0.15, 0.2) is 18.2 Å². The molecular weight excluding hydrogens is 195 g/mol. The van der Waals surface area contributed by atoms with E-state index in [2.05, 4.69) is 10.2 Å². The molecule has 0 atom stereocenters. The van der Waals surface area contributed by atoms with Crippen molar-refractivity contribution in [2.75, 3.05) is 26.2 Å². The van der Waals surface area contributed by atoms with Crippen LogP contribution >= 0.6 is 0 Å². The van der Waals surface area contributed by atoms with Crippen LogP contribution in [0, 0.1) is 5.82 Å². The fourth-order valence-corrected chi connectivity index (χ4v) is 1.80. The molecule has 82 valence electrons. The van der Waals surface area contributed by atoms with Crippen molar-refractivity contribution in [1.82, 2.24) is 10.2 Å². The lowest BCUT2D eigenvalue weighted by Crippen LogP contribution is -2.43. The number of phenols is 1. The molecule has 1 aromatic rings. The minimum Gasteiger partial charge on any atom is -0.505 e. The van der Waals surface area contributed by atoms with E-state index in [1.165, 1.54) is 6.07 Å². The van der Waals surface area contributed by atoms with Crippen LogP contribution in [-0.4, -0.2) is 36.2 Å². The second-order valence-corrected chi connectivity index (χ2v) is 3.78. The summed E-state index contributed by atoms with van der Waals surface area (Å²) in [5, 5.41) is 12.5. The van der Waals surface area contributed by atoms with Gasteiger partial charge in [-0.05, 0) is 6.07 Å². The van der Waals surface area contributed by atoms with Crippen molar-refractivity contribution in [2.24, 2.45) is 0 Å². The zero-order valence-electron chi connectivity index (χ0n) is 8.54. The Morgan fingerprint density at radius 1 is 1.33 bits per heavy atom. The Morgan fingerprint density at radius 3 is 2.80 bits per heavy atom. The maximum Gasteiger partial charge on any atom is 0.169 e. The summed E-state index contributed by atoms with van der Waals surface area (Å²) < 4.78 is 13.5. The molecule has 1 fully saturated rings. The molecule has 0 aromatic heterocycles. The van der Waals surface area contributed by atoms with Gasteiger partial charge in [-0.15, -0.1) is 0 Å². The van der Waals surface area contributed by atoms with Gasteiger partial charge in [-0.2, -0.15) is 0 Å². The van der Waals surface area contributed by atoms with Crippen LogP contribution < -0.4 is 5.32 Å². The first-order chi connectivity index (χ1) is 7.27. The van der Waals surface area contributed by atoms with Crippen LogP contribution in [0.25, 0.3) is 0 Å². The summed E-state index contributed by atoms with van der Waals surface area (Å²) in [4.78, 5) is 2.17. The van der Waals surface area contributed by atoms with E-state index in [9.17, 15) is 9.50 Å². The minimum atomic E-state index is -0.490. The molecule has 3 nitrogen and oxygen atoms in total. The first-order valence-electron chi connectivity index (χ1n) is 5.17. The highest BCUT2D eigenvalue weighted by Gasteiger charge is 2.13. The van der Waals surface area contributed by atoms with Crippen LogP contribution in [0.4, 0.5) is 4.39 Å². The molecule has 0 bridgehead atoms. The van der Waals surface area contributed by atoms with Crippen LogP contribution in [0.5, 0.6) is 5.75 Å². The molecular formula is C11H15FN2O. The normalized spacial score (nSPS) is 17.9. The quantitative estimate of drug-likeness (QED) is 0.762. The number of nitrogens with zero attached hydrogens (tertiary/aromatic N) is 1. The Morgan fingerprint density at radius 2 is 2.07 bits per heavy atom. The van der Waals surface area contributed by atoms with Crippen LogP contribution in [0.1, 0.15) is 5.56 Å². The number of aromatic hydroxyl groups is 1. The Kier molecular flexibility index (Phi) is 3.18. The number of nitrogens with one attached hydrogen (secondary N) is 1. The van der Waals surface area contributed by atoms with Gasteiger partial charge in [-0.25, -0.2) is 4.39 Å². The standard InChI is InChI=1S/C11H15FN2O/c12-11-9(2-1-3-10(11)15)8-14-6-4-13-5-7-14/h1-3,13,15H,4-8H2. The Balaban J connectivity index is 2.06. The van der Waals surface area contributed by atoms with Gasteiger partial charge in [-0.3, -0.25) is 4.90 Å². The average molecular weight is 210 g/mol. The second kappa shape index (κ2) is 4.59. The molecule has 0 amide bonds. The maximum atomic E-state index is 13.5. The summed E-state index contributed by atoms with van der Waals surface area (Å²) in [5.41, 5.74) is 0.567. The Bertz CT molecular complexity index is 337. The van der Waals surface area contributed by atoms with E-state index in [0.717, 1.165) is 26.2 Å². The molecule has 0 saturated carbocycles. The molecule has 2 rings (SSSR count). The lowest BCUT2D eigenvalue weighted by Gasteiger charge is -2.27. The first kappa shape index (κ1) is 10.4. The number of rotatable bonds is 2. The molecule has 0 aliphatic carbocycles. The molecule has 1 heterocycles. The van der Waals surface area contributed by atoms with Crippen molar-refractivity contribution >= 4 is 0 Å². The number of hydrogen-bond donors (Lipinski definition) is 2. The summed E-state index contributed by atoms with van der Waals surface area (Å²) in [7, 11) is 0. The molecule has 1 aliphatic heterocycles. The highest BCUT2D eigenvalue weighted by molar-refractivity contribution is 5.29. The predicted octanol–water partition coefficient (Wildman–Crippen LogP) is 0.937. The Hall–Kier alpha value is -1.13. The van der Waals surface area contributed by atoms with E-state index in [1.54, 1.807) is 12.1 Å². The highest BCUT2D eigenvalue weighted by Crippen LogP contribution is 2.19. The molecule has 0 radical (unpaired) electrons. The fourth-order valence-electron chi connectivity index (χ4n) is 1.80. The molecule has 15 heavy (non-hydrogen) atoms. The van der Waals surface area contributed by atoms with E-state index in [-0.39, 0.29) is 5.75 Å². The van der Waals surface area contributed by atoms with Crippen molar-refractivity contribution in [3.8, 4) is 5.75 Å². The van der Waals surface area contributed by atoms with Gasteiger partial charge in [0.25, 0.3) is 0 Å². The van der Waals surface area contributed by atoms with Gasteiger partial charge in [0.15, 0.2) is 11.6 Å². The third-order valence-corrected chi connectivity index (χ3v) is 2.66. The number of piperazine rings is 1. The monoisotopic (exact) mass is 210 g/mol. The third-order valence-electron chi connectivity index (χ3n) is 2.66. The predicted molar refractivity (Wildman–Crippen MR) is 56.2 cm³/mol. The molecule has 1 aliphatic rings. The van der Waals surface area contributed by atoms with Gasteiger partial charge in [0.1, 0.15) is 0 Å². The minimum absolute atomic E-state index is 0.261. The number of hydrogen-bond acceptors (Lipinski definition) is 3. The zero-order valence-corrected chi connectivity index (χ0v) is 8.54. The van der Waals surface area contributed by atoms with Crippen molar-refractivity contribution in [2.45, 2.75) is 6.54 Å². The van der Waals surface area contributed by atoms with E-state index in [0.29, 0.717) is 12.1 Å². The molecule has 2 N–H and O–H groups in total. The average Bonchev–Trinajstić information content (AvgIpc) is 2.26. The van der Waals surface area contributed by atoms with Crippen molar-refractivity contribution < 1.29 is 9.50 Å². The van der Waals surface area contributed by atoms with Gasteiger partial charge in [-0.1, -0.05) is 12.1 Å². The molecule has 4 heteroatoms. The van der Waals surface area contributed by atoms with E-state index >= 15 is 0 Å². The summed E-state index contributed by atoms with van der Waals surface area (Å²) >= 11 is 0. The lowest BCUT2D eigenvalue weighted by molar-refractivity contribution is 0.229. The zero-order chi connectivity index (χ0) is 10.7. The lowest BCUT2D eigenvalue weighted by atomic mass is 10.1. The summed E-state index contributed by atoms with van der Waals surface area (Å²) in [6.45, 7) is 4.31. The summed E-state index contributed by atoms with van der Waals surface area (Å²) in [6.07, 6.45) is 0. The number of phenolic OH excluding ortho intramolecular Hbond substituents is 1. The summed E-state index contributed by atoms with van der Waals surface area (Å²) in [6, 6.07) is 4.77. The van der Waals surface area contributed by atoms with Crippen molar-refractivity contribution in [3.63, 3.8) is 0 Å². The molecule has 0 unspecified atom stereocenters. The van der Waals surface area contributed by atoms with Crippen LogP contribution in [0.2, 0.25) is 0 Å². The van der Waals surface area contributed by atoms with Gasteiger partial charge < -0.3 is 10.4 Å². The van der Waals surface area contributed by atoms with Gasteiger partial charge >= 0.3 is 0 Å². The van der Waals surface area contributed by atoms with Crippen molar-refractivity contribution in [3.05, 3.63) is 29.6 Å². The van der Waals surface area contributed by atoms with Gasteiger partial charge in [0.2, 0.25) is 0 Å². The molecule has 1 aromatic carbocycles. The van der Waals surface area contributed by atoms with Crippen LogP contribution in [-0.2, 0) is 6.54 Å². The van der Waals surface area contributed by atoms with Gasteiger partial charge in [0, 0.05) is 38.3 Å². The van der Waals surface area contributed by atoms with Crippen LogP contribution in [0.3, 0.4) is 0 Å². The second-order valence-electron chi connectivity index (χ2n) is 3.78. The van der Waals surface area contributed by atoms with E-state index in [4.69, 9.17) is 0 Å². The smallest absolute Gasteiger partial charge is 0.169 e. The third kappa shape index (κ3) is 2.46. The highest BCUT2D eigenvalue weighted by atomic mass is 19.1.